The smallest absolute Gasteiger partial charge is 0.225 e. The molecule has 0 aliphatic carbocycles. The Kier molecular flexibility index (Phi) is 3.69. The molecule has 0 bridgehead atoms. The molecule has 16 heavy (non-hydrogen) atoms. The molecule has 1 saturated heterocycles. The minimum atomic E-state index is 0.320. The number of anilines is 1. The van der Waals surface area contributed by atoms with Gasteiger partial charge in [-0.1, -0.05) is 0 Å². The number of rotatable bonds is 4. The van der Waals surface area contributed by atoms with Gasteiger partial charge in [0.1, 0.15) is 0 Å². The standard InChI is InChI=1S/C11H18N4O/c1-12-5-9-6-13-11(14-7-9)15-4-3-10(8-15)16-2/h6-7,10,12H,3-5,8H2,1-2H3. The number of aromatic nitrogens is 2. The molecule has 0 amide bonds. The average molecular weight is 222 g/mol. The maximum atomic E-state index is 5.32. The minimum Gasteiger partial charge on any atom is -0.380 e. The topological polar surface area (TPSA) is 50.3 Å². The predicted molar refractivity (Wildman–Crippen MR) is 62.4 cm³/mol. The summed E-state index contributed by atoms with van der Waals surface area (Å²) in [5.41, 5.74) is 1.11. The van der Waals surface area contributed by atoms with Crippen LogP contribution in [0.5, 0.6) is 0 Å². The molecule has 1 unspecified atom stereocenters. The third-order valence-electron chi connectivity index (χ3n) is 2.83. The molecule has 1 aromatic rings. The first-order chi connectivity index (χ1) is 7.83. The summed E-state index contributed by atoms with van der Waals surface area (Å²) in [6, 6.07) is 0. The van der Waals surface area contributed by atoms with Crippen molar-refractivity contribution in [1.82, 2.24) is 15.3 Å². The Bertz CT molecular complexity index is 327. The Morgan fingerprint density at radius 1 is 1.50 bits per heavy atom. The summed E-state index contributed by atoms with van der Waals surface area (Å²) in [7, 11) is 3.67. The Balaban J connectivity index is 1.99. The van der Waals surface area contributed by atoms with E-state index in [1.165, 1.54) is 0 Å². The summed E-state index contributed by atoms with van der Waals surface area (Å²) in [6.45, 7) is 2.67. The maximum Gasteiger partial charge on any atom is 0.225 e. The Morgan fingerprint density at radius 2 is 2.25 bits per heavy atom. The van der Waals surface area contributed by atoms with Gasteiger partial charge in [0, 0.05) is 44.7 Å². The second kappa shape index (κ2) is 5.23. The van der Waals surface area contributed by atoms with Gasteiger partial charge in [-0.15, -0.1) is 0 Å². The van der Waals surface area contributed by atoms with E-state index in [4.69, 9.17) is 4.74 Å². The van der Waals surface area contributed by atoms with E-state index in [9.17, 15) is 0 Å². The van der Waals surface area contributed by atoms with Crippen LogP contribution in [0.15, 0.2) is 12.4 Å². The van der Waals surface area contributed by atoms with Crippen molar-refractivity contribution >= 4 is 5.95 Å². The molecule has 1 aliphatic heterocycles. The van der Waals surface area contributed by atoms with Crippen LogP contribution in [-0.2, 0) is 11.3 Å². The van der Waals surface area contributed by atoms with E-state index in [0.29, 0.717) is 6.10 Å². The molecular formula is C11H18N4O. The van der Waals surface area contributed by atoms with Gasteiger partial charge in [-0.3, -0.25) is 0 Å². The summed E-state index contributed by atoms with van der Waals surface area (Å²) in [5, 5.41) is 3.08. The molecule has 88 valence electrons. The highest BCUT2D eigenvalue weighted by Crippen LogP contribution is 2.17. The third kappa shape index (κ3) is 2.48. The molecule has 1 atom stereocenters. The van der Waals surface area contributed by atoms with Crippen LogP contribution in [0.2, 0.25) is 0 Å². The summed E-state index contributed by atoms with van der Waals surface area (Å²) in [6.07, 6.45) is 5.12. The molecule has 0 aromatic carbocycles. The quantitative estimate of drug-likeness (QED) is 0.800. The van der Waals surface area contributed by atoms with Crippen molar-refractivity contribution in [3.8, 4) is 0 Å². The third-order valence-corrected chi connectivity index (χ3v) is 2.83. The van der Waals surface area contributed by atoms with Crippen LogP contribution >= 0.6 is 0 Å². The molecular weight excluding hydrogens is 204 g/mol. The lowest BCUT2D eigenvalue weighted by Crippen LogP contribution is -2.24. The molecule has 2 rings (SSSR count). The summed E-state index contributed by atoms with van der Waals surface area (Å²) < 4.78 is 5.32. The Morgan fingerprint density at radius 3 is 2.81 bits per heavy atom. The molecule has 2 heterocycles. The van der Waals surface area contributed by atoms with E-state index in [-0.39, 0.29) is 0 Å². The highest BCUT2D eigenvalue weighted by Gasteiger charge is 2.23. The fraction of sp³-hybridized carbons (Fsp3) is 0.636. The van der Waals surface area contributed by atoms with Gasteiger partial charge in [-0.25, -0.2) is 9.97 Å². The van der Waals surface area contributed by atoms with E-state index in [1.807, 2.05) is 19.4 Å². The molecule has 1 aliphatic rings. The van der Waals surface area contributed by atoms with Crippen molar-refractivity contribution in [2.45, 2.75) is 19.1 Å². The molecule has 1 fully saturated rings. The van der Waals surface area contributed by atoms with Gasteiger partial charge in [-0.05, 0) is 13.5 Å². The van der Waals surface area contributed by atoms with Gasteiger partial charge < -0.3 is 15.0 Å². The zero-order valence-corrected chi connectivity index (χ0v) is 9.81. The van der Waals surface area contributed by atoms with Gasteiger partial charge in [0.25, 0.3) is 0 Å². The maximum absolute atomic E-state index is 5.32. The normalized spacial score (nSPS) is 20.4. The SMILES string of the molecule is CNCc1cnc(N2CCC(OC)C2)nc1. The van der Waals surface area contributed by atoms with Crippen molar-refractivity contribution in [2.75, 3.05) is 32.1 Å². The summed E-state index contributed by atoms with van der Waals surface area (Å²) >= 11 is 0. The fourth-order valence-corrected chi connectivity index (χ4v) is 1.91. The van der Waals surface area contributed by atoms with Crippen LogP contribution in [0.25, 0.3) is 0 Å². The average Bonchev–Trinajstić information content (AvgIpc) is 2.79. The lowest BCUT2D eigenvalue weighted by atomic mass is 10.3. The Labute approximate surface area is 95.8 Å². The molecule has 0 spiro atoms. The monoisotopic (exact) mass is 222 g/mol. The number of ether oxygens (including phenoxy) is 1. The first-order valence-corrected chi connectivity index (χ1v) is 5.56. The highest BCUT2D eigenvalue weighted by atomic mass is 16.5. The summed E-state index contributed by atoms with van der Waals surface area (Å²) in [4.78, 5) is 10.9. The van der Waals surface area contributed by atoms with Crippen LogP contribution in [0.4, 0.5) is 5.95 Å². The lowest BCUT2D eigenvalue weighted by Gasteiger charge is -2.15. The number of methoxy groups -OCH3 is 1. The number of nitrogens with one attached hydrogen (secondary N) is 1. The van der Waals surface area contributed by atoms with Crippen LogP contribution < -0.4 is 10.2 Å². The minimum absolute atomic E-state index is 0.320. The fourth-order valence-electron chi connectivity index (χ4n) is 1.91. The van der Waals surface area contributed by atoms with Crippen LogP contribution in [-0.4, -0.2) is 43.3 Å². The van der Waals surface area contributed by atoms with Crippen molar-refractivity contribution in [3.05, 3.63) is 18.0 Å². The van der Waals surface area contributed by atoms with E-state index in [2.05, 4.69) is 20.2 Å². The predicted octanol–water partition coefficient (Wildman–Crippen LogP) is 0.421. The molecule has 1 aromatic heterocycles. The lowest BCUT2D eigenvalue weighted by molar-refractivity contribution is 0.121. The van der Waals surface area contributed by atoms with Gasteiger partial charge in [0.15, 0.2) is 0 Å². The molecule has 0 radical (unpaired) electrons. The van der Waals surface area contributed by atoms with E-state index >= 15 is 0 Å². The second-order valence-corrected chi connectivity index (χ2v) is 4.01. The number of hydrogen-bond acceptors (Lipinski definition) is 5. The van der Waals surface area contributed by atoms with Crippen molar-refractivity contribution in [2.24, 2.45) is 0 Å². The van der Waals surface area contributed by atoms with E-state index in [0.717, 1.165) is 37.6 Å². The van der Waals surface area contributed by atoms with Gasteiger partial charge in [0.05, 0.1) is 6.10 Å². The van der Waals surface area contributed by atoms with Crippen LogP contribution in [0.3, 0.4) is 0 Å². The molecule has 1 N–H and O–H groups in total. The number of nitrogens with zero attached hydrogens (tertiary/aromatic N) is 3. The number of hydrogen-bond donors (Lipinski definition) is 1. The van der Waals surface area contributed by atoms with Crippen LogP contribution in [0, 0.1) is 0 Å². The van der Waals surface area contributed by atoms with Gasteiger partial charge >= 0.3 is 0 Å². The second-order valence-electron chi connectivity index (χ2n) is 4.01. The van der Waals surface area contributed by atoms with Crippen molar-refractivity contribution < 1.29 is 4.74 Å². The largest absolute Gasteiger partial charge is 0.380 e. The van der Waals surface area contributed by atoms with Crippen molar-refractivity contribution in [3.63, 3.8) is 0 Å². The molecule has 5 nitrogen and oxygen atoms in total. The summed E-state index contributed by atoms with van der Waals surface area (Å²) in [5.74, 6) is 0.805. The van der Waals surface area contributed by atoms with E-state index < -0.39 is 0 Å². The highest BCUT2D eigenvalue weighted by molar-refractivity contribution is 5.31. The van der Waals surface area contributed by atoms with Crippen molar-refractivity contribution in [1.29, 1.82) is 0 Å². The Hall–Kier alpha value is -1.20. The first-order valence-electron chi connectivity index (χ1n) is 5.56. The molecule has 0 saturated carbocycles. The zero-order valence-electron chi connectivity index (χ0n) is 9.81. The first kappa shape index (κ1) is 11.3. The zero-order chi connectivity index (χ0) is 11.4. The molecule has 5 heteroatoms. The van der Waals surface area contributed by atoms with Crippen LogP contribution in [0.1, 0.15) is 12.0 Å². The van der Waals surface area contributed by atoms with Gasteiger partial charge in [0.2, 0.25) is 5.95 Å². The van der Waals surface area contributed by atoms with Gasteiger partial charge in [-0.2, -0.15) is 0 Å². The van der Waals surface area contributed by atoms with E-state index in [1.54, 1.807) is 7.11 Å².